The van der Waals surface area contributed by atoms with Gasteiger partial charge >= 0.3 is 0 Å². The highest BCUT2D eigenvalue weighted by molar-refractivity contribution is 6.31. The molecule has 0 unspecified atom stereocenters. The number of hydrogen-bond donors (Lipinski definition) is 2. The average molecular weight is 427 g/mol. The fourth-order valence-electron chi connectivity index (χ4n) is 2.23. The fourth-order valence-corrected chi connectivity index (χ4v) is 2.57. The molecule has 2 aromatic carbocycles. The van der Waals surface area contributed by atoms with Crippen molar-refractivity contribution < 1.29 is 23.7 Å². The quantitative estimate of drug-likeness (QED) is 0.261. The molecule has 1 heterocycles. The van der Waals surface area contributed by atoms with E-state index in [0.29, 0.717) is 22.2 Å². The van der Waals surface area contributed by atoms with Crippen molar-refractivity contribution in [1.29, 1.82) is 0 Å². The molecule has 0 aliphatic rings. The first kappa shape index (κ1) is 19.7. The SMILES string of the molecule is COc1cc(Cl)ccc1OCc1nonc1/C(=N/O)Nc1ccc(F)c(Cl)c1. The molecule has 0 amide bonds. The predicted octanol–water partition coefficient (Wildman–Crippen LogP) is 4.35. The van der Waals surface area contributed by atoms with Gasteiger partial charge in [-0.25, -0.2) is 9.02 Å². The summed E-state index contributed by atoms with van der Waals surface area (Å²) in [5, 5.41) is 23.1. The third kappa shape index (κ3) is 4.44. The number of anilines is 1. The van der Waals surface area contributed by atoms with Gasteiger partial charge in [0.1, 0.15) is 12.4 Å². The second kappa shape index (κ2) is 8.77. The number of methoxy groups -OCH3 is 1. The summed E-state index contributed by atoms with van der Waals surface area (Å²) < 4.78 is 28.9. The summed E-state index contributed by atoms with van der Waals surface area (Å²) in [5.41, 5.74) is 0.704. The molecule has 0 saturated carbocycles. The molecule has 2 N–H and O–H groups in total. The molecule has 8 nitrogen and oxygen atoms in total. The zero-order valence-electron chi connectivity index (χ0n) is 14.3. The molecule has 0 bridgehead atoms. The van der Waals surface area contributed by atoms with Crippen molar-refractivity contribution >= 4 is 34.7 Å². The highest BCUT2D eigenvalue weighted by Gasteiger charge is 2.19. The van der Waals surface area contributed by atoms with Crippen LogP contribution in [0.3, 0.4) is 0 Å². The van der Waals surface area contributed by atoms with Crippen LogP contribution in [0.5, 0.6) is 11.5 Å². The Bertz CT molecular complexity index is 1010. The van der Waals surface area contributed by atoms with Crippen LogP contribution >= 0.6 is 23.2 Å². The Hall–Kier alpha value is -3.04. The number of nitrogens with one attached hydrogen (secondary N) is 1. The minimum Gasteiger partial charge on any atom is -0.493 e. The van der Waals surface area contributed by atoms with Gasteiger partial charge in [-0.1, -0.05) is 33.5 Å². The maximum Gasteiger partial charge on any atom is 0.201 e. The van der Waals surface area contributed by atoms with E-state index in [1.165, 1.54) is 19.2 Å². The molecule has 3 aromatic rings. The number of halogens is 3. The molecule has 0 spiro atoms. The minimum atomic E-state index is -0.580. The Morgan fingerprint density at radius 3 is 2.75 bits per heavy atom. The molecule has 0 aliphatic carbocycles. The first-order valence-electron chi connectivity index (χ1n) is 7.74. The Labute approximate surface area is 168 Å². The van der Waals surface area contributed by atoms with Gasteiger partial charge in [0, 0.05) is 16.8 Å². The Morgan fingerprint density at radius 1 is 1.21 bits per heavy atom. The zero-order valence-corrected chi connectivity index (χ0v) is 15.8. The van der Waals surface area contributed by atoms with Gasteiger partial charge in [-0.05, 0) is 35.5 Å². The van der Waals surface area contributed by atoms with Gasteiger partial charge in [0.2, 0.25) is 5.84 Å². The number of aromatic nitrogens is 2. The molecule has 1 aromatic heterocycles. The first-order chi connectivity index (χ1) is 13.5. The smallest absolute Gasteiger partial charge is 0.201 e. The van der Waals surface area contributed by atoms with Crippen LogP contribution in [0.15, 0.2) is 46.2 Å². The van der Waals surface area contributed by atoms with Gasteiger partial charge in [-0.2, -0.15) is 0 Å². The largest absolute Gasteiger partial charge is 0.493 e. The van der Waals surface area contributed by atoms with E-state index >= 15 is 0 Å². The van der Waals surface area contributed by atoms with E-state index in [1.54, 1.807) is 18.2 Å². The van der Waals surface area contributed by atoms with Crippen molar-refractivity contribution in [3.8, 4) is 11.5 Å². The lowest BCUT2D eigenvalue weighted by atomic mass is 10.2. The summed E-state index contributed by atoms with van der Waals surface area (Å²) >= 11 is 11.7. The van der Waals surface area contributed by atoms with E-state index in [1.807, 2.05) is 0 Å². The average Bonchev–Trinajstić information content (AvgIpc) is 3.16. The molecular formula is C17H13Cl2FN4O4. The van der Waals surface area contributed by atoms with Crippen molar-refractivity contribution in [1.82, 2.24) is 10.3 Å². The molecule has 0 atom stereocenters. The zero-order chi connectivity index (χ0) is 20.1. The third-order valence-electron chi connectivity index (χ3n) is 3.55. The molecule has 0 saturated heterocycles. The van der Waals surface area contributed by atoms with Crippen LogP contribution in [0, 0.1) is 5.82 Å². The lowest BCUT2D eigenvalue weighted by molar-refractivity contribution is 0.260. The second-order valence-electron chi connectivity index (χ2n) is 5.35. The van der Waals surface area contributed by atoms with Crippen LogP contribution in [0.25, 0.3) is 0 Å². The number of hydrogen-bond acceptors (Lipinski definition) is 7. The number of benzene rings is 2. The number of ether oxygens (including phenoxy) is 2. The first-order valence-corrected chi connectivity index (χ1v) is 8.49. The summed E-state index contributed by atoms with van der Waals surface area (Å²) in [4.78, 5) is 0. The molecule has 28 heavy (non-hydrogen) atoms. The van der Waals surface area contributed by atoms with Crippen LogP contribution < -0.4 is 14.8 Å². The fraction of sp³-hybridized carbons (Fsp3) is 0.118. The van der Waals surface area contributed by atoms with E-state index in [9.17, 15) is 9.60 Å². The van der Waals surface area contributed by atoms with Gasteiger partial charge in [0.05, 0.1) is 12.1 Å². The van der Waals surface area contributed by atoms with Crippen LogP contribution in [-0.4, -0.2) is 28.5 Å². The molecule has 0 fully saturated rings. The molecule has 146 valence electrons. The lowest BCUT2D eigenvalue weighted by Gasteiger charge is -2.10. The maximum atomic E-state index is 13.3. The number of rotatable bonds is 6. The number of oxime groups is 1. The van der Waals surface area contributed by atoms with E-state index in [4.69, 9.17) is 37.3 Å². The van der Waals surface area contributed by atoms with E-state index in [-0.39, 0.29) is 28.9 Å². The van der Waals surface area contributed by atoms with Gasteiger partial charge in [0.15, 0.2) is 22.9 Å². The third-order valence-corrected chi connectivity index (χ3v) is 4.08. The Kier molecular flexibility index (Phi) is 6.17. The molecule has 0 aliphatic heterocycles. The second-order valence-corrected chi connectivity index (χ2v) is 6.19. The van der Waals surface area contributed by atoms with E-state index < -0.39 is 5.82 Å². The Balaban J connectivity index is 1.77. The van der Waals surface area contributed by atoms with Gasteiger partial charge < -0.3 is 20.0 Å². The van der Waals surface area contributed by atoms with Crippen LogP contribution in [-0.2, 0) is 6.61 Å². The highest BCUT2D eigenvalue weighted by Crippen LogP contribution is 2.30. The van der Waals surface area contributed by atoms with E-state index in [2.05, 4.69) is 20.8 Å². The molecule has 3 rings (SSSR count). The molecule has 0 radical (unpaired) electrons. The van der Waals surface area contributed by atoms with Crippen LogP contribution in [0.1, 0.15) is 11.4 Å². The van der Waals surface area contributed by atoms with Crippen molar-refractivity contribution in [2.45, 2.75) is 6.61 Å². The van der Waals surface area contributed by atoms with Crippen molar-refractivity contribution in [2.75, 3.05) is 12.4 Å². The number of nitrogens with zero attached hydrogens (tertiary/aromatic N) is 3. The highest BCUT2D eigenvalue weighted by atomic mass is 35.5. The van der Waals surface area contributed by atoms with Gasteiger partial charge in [0.25, 0.3) is 0 Å². The van der Waals surface area contributed by atoms with E-state index in [0.717, 1.165) is 6.07 Å². The predicted molar refractivity (Wildman–Crippen MR) is 100.0 cm³/mol. The van der Waals surface area contributed by atoms with Crippen molar-refractivity contribution in [3.05, 3.63) is 63.6 Å². The summed E-state index contributed by atoms with van der Waals surface area (Å²) in [6, 6.07) is 8.77. The Morgan fingerprint density at radius 2 is 2.04 bits per heavy atom. The minimum absolute atomic E-state index is 0.0678. The molecular weight excluding hydrogens is 414 g/mol. The summed E-state index contributed by atoms with van der Waals surface area (Å²) in [5.74, 6) is 0.177. The van der Waals surface area contributed by atoms with Gasteiger partial charge in [-0.15, -0.1) is 0 Å². The monoisotopic (exact) mass is 426 g/mol. The lowest BCUT2D eigenvalue weighted by Crippen LogP contribution is -2.17. The standard InChI is InChI=1S/C17H13Cl2FN4O4/c1-26-15-6-9(18)2-5-14(15)27-8-13-16(24-28-23-13)17(22-25)21-10-3-4-12(20)11(19)7-10/h2-7,25H,8H2,1H3,(H,21,22). The van der Waals surface area contributed by atoms with Gasteiger partial charge in [-0.3, -0.25) is 0 Å². The summed E-state index contributed by atoms with van der Waals surface area (Å²) in [7, 11) is 1.48. The number of amidine groups is 1. The summed E-state index contributed by atoms with van der Waals surface area (Å²) in [6.07, 6.45) is 0. The van der Waals surface area contributed by atoms with Crippen molar-refractivity contribution in [2.24, 2.45) is 5.16 Å². The normalized spacial score (nSPS) is 11.4. The van der Waals surface area contributed by atoms with Crippen LogP contribution in [0.4, 0.5) is 10.1 Å². The van der Waals surface area contributed by atoms with Crippen molar-refractivity contribution in [3.63, 3.8) is 0 Å². The summed E-state index contributed by atoms with van der Waals surface area (Å²) in [6.45, 7) is -0.0678. The molecule has 11 heteroatoms. The topological polar surface area (TPSA) is 102 Å². The van der Waals surface area contributed by atoms with Crippen LogP contribution in [0.2, 0.25) is 10.0 Å². The maximum absolute atomic E-state index is 13.3.